The van der Waals surface area contributed by atoms with Gasteiger partial charge < -0.3 is 5.32 Å². The van der Waals surface area contributed by atoms with Gasteiger partial charge in [0.05, 0.1) is 28.9 Å². The number of halogens is 2. The zero-order valence-electron chi connectivity index (χ0n) is 13.9. The first-order chi connectivity index (χ1) is 12.3. The number of nitrogens with one attached hydrogen (secondary N) is 1. The summed E-state index contributed by atoms with van der Waals surface area (Å²) >= 11 is 6.33. The fourth-order valence-electron chi connectivity index (χ4n) is 2.83. The Morgan fingerprint density at radius 2 is 2.15 bits per heavy atom. The highest BCUT2D eigenvalue weighted by Gasteiger charge is 2.31. The highest BCUT2D eigenvalue weighted by Crippen LogP contribution is 2.30. The summed E-state index contributed by atoms with van der Waals surface area (Å²) in [6.45, 7) is 1.72. The van der Waals surface area contributed by atoms with E-state index < -0.39 is 21.6 Å². The van der Waals surface area contributed by atoms with Gasteiger partial charge in [-0.2, -0.15) is 5.10 Å². The number of carbonyl (C=O) groups is 1. The molecule has 0 bridgehead atoms. The summed E-state index contributed by atoms with van der Waals surface area (Å²) in [5.41, 5.74) is 1.19. The number of hydrogen-bond acceptors (Lipinski definition) is 4. The Morgan fingerprint density at radius 1 is 1.42 bits per heavy atom. The summed E-state index contributed by atoms with van der Waals surface area (Å²) in [4.78, 5) is 12.0. The third-order valence-electron chi connectivity index (χ3n) is 4.16. The van der Waals surface area contributed by atoms with Crippen LogP contribution >= 0.6 is 11.6 Å². The highest BCUT2D eigenvalue weighted by atomic mass is 35.5. The van der Waals surface area contributed by atoms with E-state index in [0.29, 0.717) is 17.7 Å². The molecule has 138 valence electrons. The SMILES string of the molecule is Cc1nn([C@H]2CCS(=O)(=O)C2)c(Cl)c1/C=C/C(=O)Nc1ccccc1F. The van der Waals surface area contributed by atoms with Crippen molar-refractivity contribution in [2.24, 2.45) is 0 Å². The molecule has 0 unspecified atom stereocenters. The number of sulfone groups is 1. The number of nitrogens with zero attached hydrogens (tertiary/aromatic N) is 2. The molecule has 1 amide bonds. The third-order valence-corrected chi connectivity index (χ3v) is 6.29. The summed E-state index contributed by atoms with van der Waals surface area (Å²) in [7, 11) is -3.07. The molecule has 1 N–H and O–H groups in total. The average Bonchev–Trinajstić information content (AvgIpc) is 3.07. The minimum atomic E-state index is -3.07. The molecule has 1 saturated heterocycles. The van der Waals surface area contributed by atoms with Crippen LogP contribution in [0, 0.1) is 12.7 Å². The summed E-state index contributed by atoms with van der Waals surface area (Å²) in [5.74, 6) is -0.922. The molecule has 1 aliphatic heterocycles. The number of rotatable bonds is 4. The van der Waals surface area contributed by atoms with E-state index in [1.165, 1.54) is 35.0 Å². The van der Waals surface area contributed by atoms with Gasteiger partial charge in [0.25, 0.3) is 0 Å². The van der Waals surface area contributed by atoms with Crippen LogP contribution < -0.4 is 5.32 Å². The molecular weight excluding hydrogens is 381 g/mol. The van der Waals surface area contributed by atoms with Crippen LogP contribution in [0.1, 0.15) is 23.7 Å². The minimum absolute atomic E-state index is 0.00473. The van der Waals surface area contributed by atoms with E-state index in [9.17, 15) is 17.6 Å². The van der Waals surface area contributed by atoms with Gasteiger partial charge in [-0.15, -0.1) is 0 Å². The zero-order valence-corrected chi connectivity index (χ0v) is 15.5. The van der Waals surface area contributed by atoms with Crippen molar-refractivity contribution in [1.29, 1.82) is 0 Å². The van der Waals surface area contributed by atoms with E-state index >= 15 is 0 Å². The lowest BCUT2D eigenvalue weighted by molar-refractivity contribution is -0.111. The van der Waals surface area contributed by atoms with Crippen molar-refractivity contribution >= 4 is 39.1 Å². The summed E-state index contributed by atoms with van der Waals surface area (Å²) < 4.78 is 38.4. The quantitative estimate of drug-likeness (QED) is 0.804. The Hall–Kier alpha value is -2.19. The zero-order chi connectivity index (χ0) is 18.9. The highest BCUT2D eigenvalue weighted by molar-refractivity contribution is 7.91. The maximum atomic E-state index is 13.6. The topological polar surface area (TPSA) is 81.1 Å². The van der Waals surface area contributed by atoms with Crippen LogP contribution in [0.2, 0.25) is 5.15 Å². The largest absolute Gasteiger partial charge is 0.320 e. The summed E-state index contributed by atoms with van der Waals surface area (Å²) in [6.07, 6.45) is 3.18. The van der Waals surface area contributed by atoms with Crippen molar-refractivity contribution in [3.8, 4) is 0 Å². The predicted octanol–water partition coefficient (Wildman–Crippen LogP) is 3.00. The van der Waals surface area contributed by atoms with Gasteiger partial charge in [0.2, 0.25) is 5.91 Å². The number of aryl methyl sites for hydroxylation is 1. The molecule has 26 heavy (non-hydrogen) atoms. The number of benzene rings is 1. The molecule has 6 nitrogen and oxygen atoms in total. The second kappa shape index (κ2) is 7.20. The van der Waals surface area contributed by atoms with E-state index in [2.05, 4.69) is 10.4 Å². The second-order valence-corrected chi connectivity index (χ2v) is 8.68. The smallest absolute Gasteiger partial charge is 0.248 e. The van der Waals surface area contributed by atoms with E-state index in [1.807, 2.05) is 0 Å². The normalized spacial score (nSPS) is 19.1. The van der Waals surface area contributed by atoms with Crippen LogP contribution in [0.4, 0.5) is 10.1 Å². The Kier molecular flexibility index (Phi) is 5.15. The Labute approximate surface area is 155 Å². The van der Waals surface area contributed by atoms with Crippen molar-refractivity contribution in [2.75, 3.05) is 16.8 Å². The number of amides is 1. The number of carbonyl (C=O) groups excluding carboxylic acids is 1. The van der Waals surface area contributed by atoms with Gasteiger partial charge in [-0.05, 0) is 31.6 Å². The van der Waals surface area contributed by atoms with Crippen molar-refractivity contribution in [3.05, 3.63) is 52.6 Å². The maximum absolute atomic E-state index is 13.6. The monoisotopic (exact) mass is 397 g/mol. The van der Waals surface area contributed by atoms with Gasteiger partial charge in [-0.25, -0.2) is 17.5 Å². The van der Waals surface area contributed by atoms with E-state index in [4.69, 9.17) is 11.6 Å². The molecule has 0 saturated carbocycles. The molecule has 1 aromatic heterocycles. The van der Waals surface area contributed by atoms with Crippen LogP contribution in [0.3, 0.4) is 0 Å². The van der Waals surface area contributed by atoms with Crippen LogP contribution in [-0.2, 0) is 14.6 Å². The molecule has 0 aliphatic carbocycles. The Bertz CT molecular complexity index is 985. The van der Waals surface area contributed by atoms with Gasteiger partial charge in [-0.1, -0.05) is 23.7 Å². The fourth-order valence-corrected chi connectivity index (χ4v) is 4.90. The molecule has 2 aromatic rings. The molecule has 2 heterocycles. The maximum Gasteiger partial charge on any atom is 0.248 e. The first-order valence-corrected chi connectivity index (χ1v) is 10.2. The lowest BCUT2D eigenvalue weighted by atomic mass is 10.2. The van der Waals surface area contributed by atoms with Gasteiger partial charge >= 0.3 is 0 Å². The van der Waals surface area contributed by atoms with Gasteiger partial charge in [0.15, 0.2) is 9.84 Å². The molecule has 1 aromatic carbocycles. The lowest BCUT2D eigenvalue weighted by Gasteiger charge is -2.09. The Balaban J connectivity index is 1.77. The molecule has 1 atom stereocenters. The minimum Gasteiger partial charge on any atom is -0.320 e. The molecular formula is C17H17ClFN3O3S. The van der Waals surface area contributed by atoms with Gasteiger partial charge in [0.1, 0.15) is 11.0 Å². The van der Waals surface area contributed by atoms with Crippen LogP contribution in [0.25, 0.3) is 6.08 Å². The summed E-state index contributed by atoms with van der Waals surface area (Å²) in [5, 5.41) is 7.03. The molecule has 3 rings (SSSR count). The fraction of sp³-hybridized carbons (Fsp3) is 0.294. The molecule has 0 spiro atoms. The second-order valence-electron chi connectivity index (χ2n) is 6.09. The number of anilines is 1. The number of aromatic nitrogens is 2. The van der Waals surface area contributed by atoms with E-state index in [0.717, 1.165) is 0 Å². The number of para-hydroxylation sites is 1. The molecule has 9 heteroatoms. The first kappa shape index (κ1) is 18.6. The Morgan fingerprint density at radius 3 is 2.81 bits per heavy atom. The van der Waals surface area contributed by atoms with E-state index in [1.54, 1.807) is 13.0 Å². The number of hydrogen-bond donors (Lipinski definition) is 1. The average molecular weight is 398 g/mol. The van der Waals surface area contributed by atoms with Crippen molar-refractivity contribution < 1.29 is 17.6 Å². The third kappa shape index (κ3) is 3.96. The predicted molar refractivity (Wildman–Crippen MR) is 98.3 cm³/mol. The van der Waals surface area contributed by atoms with Crippen molar-refractivity contribution in [1.82, 2.24) is 9.78 Å². The van der Waals surface area contributed by atoms with Crippen molar-refractivity contribution in [2.45, 2.75) is 19.4 Å². The lowest BCUT2D eigenvalue weighted by Crippen LogP contribution is -2.12. The molecule has 0 radical (unpaired) electrons. The molecule has 1 fully saturated rings. The van der Waals surface area contributed by atoms with Crippen LogP contribution in [0.5, 0.6) is 0 Å². The van der Waals surface area contributed by atoms with Gasteiger partial charge in [-0.3, -0.25) is 4.79 Å². The van der Waals surface area contributed by atoms with Crippen molar-refractivity contribution in [3.63, 3.8) is 0 Å². The van der Waals surface area contributed by atoms with Crippen LogP contribution in [0.15, 0.2) is 30.3 Å². The first-order valence-electron chi connectivity index (χ1n) is 7.95. The molecule has 1 aliphatic rings. The van der Waals surface area contributed by atoms with Crippen LogP contribution in [-0.4, -0.2) is 35.6 Å². The standard InChI is InChI=1S/C17H17ClFN3O3S/c1-11-13(6-7-16(23)20-15-5-3-2-4-14(15)19)17(18)22(21-11)12-8-9-26(24,25)10-12/h2-7,12H,8-10H2,1H3,(H,20,23)/b7-6+/t12-/m0/s1. The van der Waals surface area contributed by atoms with E-state index in [-0.39, 0.29) is 28.4 Å². The van der Waals surface area contributed by atoms with Gasteiger partial charge in [0, 0.05) is 11.6 Å². The summed E-state index contributed by atoms with van der Waals surface area (Å²) in [6, 6.07) is 5.54.